The third-order valence-electron chi connectivity index (χ3n) is 14.2. The number of quaternary nitrogens is 1. The van der Waals surface area contributed by atoms with Gasteiger partial charge in [-0.05, 0) is 103 Å². The minimum absolute atomic E-state index is 0.183. The van der Waals surface area contributed by atoms with Gasteiger partial charge in [0.05, 0.1) is 34.4 Å². The first-order chi connectivity index (χ1) is 40.6. The number of carboxylic acid groups (broad SMARTS) is 1. The molecule has 0 radical (unpaired) electrons. The van der Waals surface area contributed by atoms with Crippen molar-refractivity contribution >= 4 is 17.9 Å². The maximum atomic E-state index is 12.9. The Morgan fingerprint density at radius 2 is 0.651 bits per heavy atom. The first-order valence-electron chi connectivity index (χ1n) is 33.7. The van der Waals surface area contributed by atoms with E-state index in [-0.39, 0.29) is 38.6 Å². The molecule has 0 aromatic heterocycles. The second-order valence-corrected chi connectivity index (χ2v) is 23.4. The molecule has 0 rings (SSSR count). The molecule has 2 unspecified atom stereocenters. The fraction of sp³-hybridized carbons (Fsp3) is 0.689. The number of hydrogen-bond acceptors (Lipinski definition) is 7. The van der Waals surface area contributed by atoms with Crippen LogP contribution in [-0.4, -0.2) is 87.4 Å². The molecule has 1 N–H and O–H groups in total. The number of ether oxygens (including phenoxy) is 4. The summed E-state index contributed by atoms with van der Waals surface area (Å²) < 4.78 is 22.9. The van der Waals surface area contributed by atoms with Crippen molar-refractivity contribution in [2.75, 3.05) is 47.5 Å². The van der Waals surface area contributed by atoms with Gasteiger partial charge in [0.2, 0.25) is 0 Å². The van der Waals surface area contributed by atoms with Gasteiger partial charge in [0.1, 0.15) is 13.2 Å². The van der Waals surface area contributed by atoms with Crippen LogP contribution in [0.2, 0.25) is 0 Å². The van der Waals surface area contributed by atoms with Crippen molar-refractivity contribution in [2.24, 2.45) is 0 Å². The minimum atomic E-state index is -1.52. The predicted molar refractivity (Wildman–Crippen MR) is 354 cm³/mol. The summed E-state index contributed by atoms with van der Waals surface area (Å²) in [6.07, 6.45) is 87.4. The van der Waals surface area contributed by atoms with Gasteiger partial charge < -0.3 is 28.5 Å². The van der Waals surface area contributed by atoms with Crippen LogP contribution in [-0.2, 0) is 33.3 Å². The van der Waals surface area contributed by atoms with Gasteiger partial charge in [-0.15, -0.1) is 0 Å². The van der Waals surface area contributed by atoms with Gasteiger partial charge in [0.25, 0.3) is 6.29 Å². The number of hydrogen-bond donors (Lipinski definition) is 1. The Balaban J connectivity index is 4.03. The van der Waals surface area contributed by atoms with Crippen molar-refractivity contribution in [3.8, 4) is 0 Å². The molecule has 0 spiro atoms. The number of allylic oxidation sites excluding steroid dienone is 20. The molecule has 0 fully saturated rings. The summed E-state index contributed by atoms with van der Waals surface area (Å²) in [5.74, 6) is -2.02. The number of carbonyl (C=O) groups is 3. The lowest BCUT2D eigenvalue weighted by Gasteiger charge is -2.25. The highest BCUT2D eigenvalue weighted by molar-refractivity contribution is 5.71. The van der Waals surface area contributed by atoms with E-state index in [9.17, 15) is 19.5 Å². The highest BCUT2D eigenvalue weighted by Crippen LogP contribution is 2.17. The maximum Gasteiger partial charge on any atom is 0.361 e. The molecule has 0 heterocycles. The smallest absolute Gasteiger partial charge is 0.361 e. The molecule has 0 aromatic rings. The summed E-state index contributed by atoms with van der Waals surface area (Å²) in [4.78, 5) is 37.5. The molecule has 0 amide bonds. The quantitative estimate of drug-likeness (QED) is 0.0211. The molecule has 9 heteroatoms. The second kappa shape index (κ2) is 63.7. The molecule has 0 aliphatic heterocycles. The van der Waals surface area contributed by atoms with E-state index in [0.717, 1.165) is 116 Å². The summed E-state index contributed by atoms with van der Waals surface area (Å²) in [6, 6.07) is 0. The maximum absolute atomic E-state index is 12.9. The average Bonchev–Trinajstić information content (AvgIpc) is 3.46. The Morgan fingerprint density at radius 1 is 0.361 bits per heavy atom. The van der Waals surface area contributed by atoms with Crippen molar-refractivity contribution in [3.63, 3.8) is 0 Å². The topological polar surface area (TPSA) is 108 Å². The molecule has 83 heavy (non-hydrogen) atoms. The number of likely N-dealkylation sites (N-methyl/N-ethyl adjacent to an activating group) is 1. The van der Waals surface area contributed by atoms with E-state index < -0.39 is 24.3 Å². The van der Waals surface area contributed by atoms with Gasteiger partial charge in [0, 0.05) is 12.8 Å². The molecular formula is C74H126NO8+. The summed E-state index contributed by atoms with van der Waals surface area (Å²) in [5.41, 5.74) is 0. The lowest BCUT2D eigenvalue weighted by Crippen LogP contribution is -2.40. The highest BCUT2D eigenvalue weighted by atomic mass is 16.7. The van der Waals surface area contributed by atoms with Crippen LogP contribution >= 0.6 is 0 Å². The number of carbonyl (C=O) groups excluding carboxylic acids is 2. The van der Waals surface area contributed by atoms with E-state index in [0.29, 0.717) is 11.0 Å². The molecule has 0 aliphatic rings. The molecule has 0 aliphatic carbocycles. The van der Waals surface area contributed by atoms with E-state index in [2.05, 4.69) is 135 Å². The van der Waals surface area contributed by atoms with Crippen LogP contribution in [0.5, 0.6) is 0 Å². The molecule has 0 saturated heterocycles. The lowest BCUT2D eigenvalue weighted by atomic mass is 10.0. The number of aliphatic carboxylic acids is 1. The van der Waals surface area contributed by atoms with E-state index in [4.69, 9.17) is 18.9 Å². The van der Waals surface area contributed by atoms with Gasteiger partial charge in [-0.2, -0.15) is 0 Å². The summed E-state index contributed by atoms with van der Waals surface area (Å²) in [7, 11) is 5.97. The van der Waals surface area contributed by atoms with Crippen LogP contribution in [0.1, 0.15) is 271 Å². The molecule has 0 bridgehead atoms. The Morgan fingerprint density at radius 3 is 0.964 bits per heavy atom. The Labute approximate surface area is 510 Å². The highest BCUT2D eigenvalue weighted by Gasteiger charge is 2.25. The predicted octanol–water partition coefficient (Wildman–Crippen LogP) is 20.8. The fourth-order valence-corrected chi connectivity index (χ4v) is 9.13. The first-order valence-corrected chi connectivity index (χ1v) is 33.7. The average molecular weight is 1160 g/mol. The Kier molecular flexibility index (Phi) is 60.4. The zero-order chi connectivity index (χ0) is 60.5. The van der Waals surface area contributed by atoms with Gasteiger partial charge in [0.15, 0.2) is 6.10 Å². The van der Waals surface area contributed by atoms with Gasteiger partial charge in [-0.1, -0.05) is 277 Å². The first kappa shape index (κ1) is 78.7. The van der Waals surface area contributed by atoms with Crippen LogP contribution in [0.3, 0.4) is 0 Å². The molecule has 9 nitrogen and oxygen atoms in total. The normalized spacial score (nSPS) is 13.5. The Hall–Kier alpha value is -4.31. The molecular weight excluding hydrogens is 1030 g/mol. The van der Waals surface area contributed by atoms with E-state index in [1.807, 2.05) is 21.1 Å². The number of nitrogens with zero attached hydrogens (tertiary/aromatic N) is 1. The van der Waals surface area contributed by atoms with Gasteiger partial charge >= 0.3 is 17.9 Å². The SMILES string of the molecule is CC/C=C\C/C=C\C/C=C\C/C=C\C/C=C\C/C=C\C/C=C\CCCCCCCCCCCCCCCCCCCCCC(=O)OC(COC(=O)CCCCCCCCC/C=C\C/C=C\C/C=C\CC)COC(OCC[N+](C)(C)C)C(=O)O. The molecule has 0 saturated carbocycles. The van der Waals surface area contributed by atoms with E-state index in [1.165, 1.54) is 128 Å². The fourth-order valence-electron chi connectivity index (χ4n) is 9.13. The molecule has 474 valence electrons. The lowest BCUT2D eigenvalue weighted by molar-refractivity contribution is -0.870. The van der Waals surface area contributed by atoms with Crippen LogP contribution in [0, 0.1) is 0 Å². The van der Waals surface area contributed by atoms with Crippen molar-refractivity contribution in [2.45, 2.75) is 283 Å². The van der Waals surface area contributed by atoms with Crippen molar-refractivity contribution in [3.05, 3.63) is 122 Å². The third-order valence-corrected chi connectivity index (χ3v) is 14.2. The summed E-state index contributed by atoms with van der Waals surface area (Å²) in [5, 5.41) is 9.72. The number of carboxylic acids is 1. The third kappa shape index (κ3) is 65.1. The Bertz CT molecular complexity index is 1780. The molecule has 0 aromatic carbocycles. The minimum Gasteiger partial charge on any atom is -0.477 e. The van der Waals surface area contributed by atoms with E-state index >= 15 is 0 Å². The van der Waals surface area contributed by atoms with Crippen LogP contribution in [0.4, 0.5) is 0 Å². The van der Waals surface area contributed by atoms with Crippen LogP contribution in [0.25, 0.3) is 0 Å². The van der Waals surface area contributed by atoms with Crippen molar-refractivity contribution < 1.29 is 42.9 Å². The van der Waals surface area contributed by atoms with Crippen LogP contribution in [0.15, 0.2) is 122 Å². The second-order valence-electron chi connectivity index (χ2n) is 23.4. The number of unbranched alkanes of at least 4 members (excludes halogenated alkanes) is 26. The monoisotopic (exact) mass is 1160 g/mol. The molecule has 2 atom stereocenters. The zero-order valence-electron chi connectivity index (χ0n) is 54.1. The standard InChI is InChI=1S/C74H125NO8/c1-6-8-10-12-14-16-18-20-22-24-25-26-27-28-29-30-31-32-33-34-35-36-37-38-39-40-41-42-43-44-45-46-47-49-51-53-55-57-59-61-63-65-72(77)83-70(69-82-74(73(78)79)80-67-66-75(3,4)5)68-81-71(76)64-62-60-58-56-54-52-50-48-23-21-19-17-15-13-11-9-7-2/h8-11,14-17,20-23,25-26,28-29,31-32,34-35,70,74H,6-7,12-13,18-19,24,27,30,33,36-69H2,1-5H3/p+1/b10-8-,11-9-,16-14-,17-15-,22-20-,23-21-,26-25-,29-28-,32-31-,35-34-. The zero-order valence-corrected chi connectivity index (χ0v) is 54.1. The number of rotatable bonds is 61. The van der Waals surface area contributed by atoms with Gasteiger partial charge in [-0.25, -0.2) is 4.79 Å². The summed E-state index contributed by atoms with van der Waals surface area (Å²) in [6.45, 7) is 4.65. The van der Waals surface area contributed by atoms with Crippen molar-refractivity contribution in [1.29, 1.82) is 0 Å². The van der Waals surface area contributed by atoms with E-state index in [1.54, 1.807) is 0 Å². The van der Waals surface area contributed by atoms with Crippen LogP contribution < -0.4 is 0 Å². The largest absolute Gasteiger partial charge is 0.477 e. The number of esters is 2. The van der Waals surface area contributed by atoms with Crippen molar-refractivity contribution in [1.82, 2.24) is 0 Å². The summed E-state index contributed by atoms with van der Waals surface area (Å²) >= 11 is 0. The van der Waals surface area contributed by atoms with Gasteiger partial charge in [-0.3, -0.25) is 9.59 Å².